The monoisotopic (exact) mass is 319 g/mol. The van der Waals surface area contributed by atoms with Gasteiger partial charge >= 0.3 is 0 Å². The molecule has 0 radical (unpaired) electrons. The van der Waals surface area contributed by atoms with Crippen LogP contribution in [0.3, 0.4) is 0 Å². The largest absolute Gasteiger partial charge is 0.314 e. The number of nitrogens with one attached hydrogen (secondary N) is 1. The Bertz CT molecular complexity index is 431. The quantitative estimate of drug-likeness (QED) is 0.687. The average molecular weight is 320 g/mol. The molecule has 0 aliphatic heterocycles. The molecular weight excluding hydrogens is 298 g/mol. The Morgan fingerprint density at radius 1 is 1.32 bits per heavy atom. The van der Waals surface area contributed by atoms with Crippen LogP contribution >= 0.6 is 15.9 Å². The van der Waals surface area contributed by atoms with E-state index in [9.17, 15) is 0 Å². The highest BCUT2D eigenvalue weighted by Crippen LogP contribution is 2.12. The first-order valence-corrected chi connectivity index (χ1v) is 7.37. The van der Waals surface area contributed by atoms with Crippen molar-refractivity contribution in [1.82, 2.24) is 5.32 Å². The standard InChI is InChI=1S/C17H22BrN/c1-4-6-15(5-2)11-12-19-14(3)13-16-7-9-17(18)10-8-16/h4-10,14,19H,1-2,11-13H2,3H3/b15-6+. The fraction of sp³-hybridized carbons (Fsp3) is 0.294. The summed E-state index contributed by atoms with van der Waals surface area (Å²) >= 11 is 3.45. The van der Waals surface area contributed by atoms with E-state index in [2.05, 4.69) is 65.6 Å². The summed E-state index contributed by atoms with van der Waals surface area (Å²) in [6.07, 6.45) is 7.74. The topological polar surface area (TPSA) is 12.0 Å². The molecule has 1 aromatic carbocycles. The smallest absolute Gasteiger partial charge is 0.0175 e. The Labute approximate surface area is 125 Å². The van der Waals surface area contributed by atoms with Gasteiger partial charge in [-0.05, 0) is 49.6 Å². The van der Waals surface area contributed by atoms with Gasteiger partial charge in [0.25, 0.3) is 0 Å². The van der Waals surface area contributed by atoms with Gasteiger partial charge < -0.3 is 5.32 Å². The van der Waals surface area contributed by atoms with E-state index in [0.717, 1.165) is 23.9 Å². The number of benzene rings is 1. The molecule has 1 rings (SSSR count). The zero-order chi connectivity index (χ0) is 14.1. The van der Waals surface area contributed by atoms with Crippen molar-refractivity contribution in [2.24, 2.45) is 0 Å². The molecule has 1 N–H and O–H groups in total. The van der Waals surface area contributed by atoms with Gasteiger partial charge in [0.2, 0.25) is 0 Å². The summed E-state index contributed by atoms with van der Waals surface area (Å²) in [5.74, 6) is 0. The van der Waals surface area contributed by atoms with E-state index in [0.29, 0.717) is 6.04 Å². The van der Waals surface area contributed by atoms with E-state index in [4.69, 9.17) is 0 Å². The lowest BCUT2D eigenvalue weighted by Gasteiger charge is -2.14. The number of hydrogen-bond donors (Lipinski definition) is 1. The molecule has 0 aliphatic rings. The van der Waals surface area contributed by atoms with Crippen molar-refractivity contribution >= 4 is 15.9 Å². The SMILES string of the molecule is C=C/C=C(\C=C)CCNC(C)Cc1ccc(Br)cc1. The summed E-state index contributed by atoms with van der Waals surface area (Å²) in [4.78, 5) is 0. The lowest BCUT2D eigenvalue weighted by molar-refractivity contribution is 0.549. The maximum absolute atomic E-state index is 3.81. The fourth-order valence-electron chi connectivity index (χ4n) is 1.91. The third kappa shape index (κ3) is 6.55. The molecule has 0 aliphatic carbocycles. The molecule has 0 saturated heterocycles. The van der Waals surface area contributed by atoms with Gasteiger partial charge in [0, 0.05) is 10.5 Å². The third-order valence-corrected chi connectivity index (χ3v) is 3.48. The fourth-order valence-corrected chi connectivity index (χ4v) is 2.18. The Kier molecular flexibility index (Phi) is 7.46. The molecule has 1 unspecified atom stereocenters. The van der Waals surface area contributed by atoms with Crippen molar-refractivity contribution in [1.29, 1.82) is 0 Å². The summed E-state index contributed by atoms with van der Waals surface area (Å²) in [6, 6.07) is 8.97. The molecule has 0 saturated carbocycles. The van der Waals surface area contributed by atoms with Crippen molar-refractivity contribution in [3.63, 3.8) is 0 Å². The van der Waals surface area contributed by atoms with Crippen molar-refractivity contribution in [2.45, 2.75) is 25.8 Å². The first kappa shape index (κ1) is 15.9. The van der Waals surface area contributed by atoms with Gasteiger partial charge in [0.05, 0.1) is 0 Å². The van der Waals surface area contributed by atoms with Crippen molar-refractivity contribution in [3.05, 3.63) is 71.3 Å². The average Bonchev–Trinajstić information content (AvgIpc) is 2.40. The number of rotatable bonds is 8. The van der Waals surface area contributed by atoms with Crippen LogP contribution in [0.5, 0.6) is 0 Å². The highest BCUT2D eigenvalue weighted by atomic mass is 79.9. The van der Waals surface area contributed by atoms with E-state index in [1.165, 1.54) is 11.1 Å². The molecule has 1 atom stereocenters. The zero-order valence-corrected chi connectivity index (χ0v) is 13.1. The molecule has 102 valence electrons. The lowest BCUT2D eigenvalue weighted by Crippen LogP contribution is -2.29. The predicted octanol–water partition coefficient (Wildman–Crippen LogP) is 4.66. The second kappa shape index (κ2) is 8.89. The molecule has 0 aromatic heterocycles. The van der Waals surface area contributed by atoms with Crippen molar-refractivity contribution < 1.29 is 0 Å². The highest BCUT2D eigenvalue weighted by molar-refractivity contribution is 9.10. The van der Waals surface area contributed by atoms with Gasteiger partial charge in [-0.25, -0.2) is 0 Å². The molecule has 0 heterocycles. The molecule has 19 heavy (non-hydrogen) atoms. The first-order chi connectivity index (χ1) is 9.15. The van der Waals surface area contributed by atoms with Crippen LogP contribution in [-0.2, 0) is 6.42 Å². The first-order valence-electron chi connectivity index (χ1n) is 6.57. The molecule has 1 nitrogen and oxygen atoms in total. The Balaban J connectivity index is 2.33. The van der Waals surface area contributed by atoms with Crippen LogP contribution in [0.1, 0.15) is 18.9 Å². The molecule has 2 heteroatoms. The number of allylic oxidation sites excluding steroid dienone is 3. The van der Waals surface area contributed by atoms with Crippen LogP contribution in [0.2, 0.25) is 0 Å². The summed E-state index contributed by atoms with van der Waals surface area (Å²) in [5.41, 5.74) is 2.58. The Morgan fingerprint density at radius 3 is 2.58 bits per heavy atom. The van der Waals surface area contributed by atoms with Crippen LogP contribution in [-0.4, -0.2) is 12.6 Å². The van der Waals surface area contributed by atoms with Gasteiger partial charge in [-0.2, -0.15) is 0 Å². The van der Waals surface area contributed by atoms with E-state index in [1.54, 1.807) is 0 Å². The Morgan fingerprint density at radius 2 is 2.00 bits per heavy atom. The normalized spacial score (nSPS) is 13.1. The second-order valence-electron chi connectivity index (χ2n) is 4.62. The van der Waals surface area contributed by atoms with E-state index in [1.807, 2.05) is 18.2 Å². The summed E-state index contributed by atoms with van der Waals surface area (Å²) in [7, 11) is 0. The van der Waals surface area contributed by atoms with Gasteiger partial charge in [-0.3, -0.25) is 0 Å². The van der Waals surface area contributed by atoms with Gasteiger partial charge in [-0.15, -0.1) is 0 Å². The minimum Gasteiger partial charge on any atom is -0.314 e. The molecule has 0 spiro atoms. The predicted molar refractivity (Wildman–Crippen MR) is 88.4 cm³/mol. The molecular formula is C17H22BrN. The van der Waals surface area contributed by atoms with Crippen molar-refractivity contribution in [2.75, 3.05) is 6.54 Å². The molecule has 0 amide bonds. The van der Waals surface area contributed by atoms with E-state index < -0.39 is 0 Å². The lowest BCUT2D eigenvalue weighted by atomic mass is 10.1. The van der Waals surface area contributed by atoms with Crippen LogP contribution in [0, 0.1) is 0 Å². The molecule has 0 bridgehead atoms. The van der Waals surface area contributed by atoms with Gasteiger partial charge in [-0.1, -0.05) is 59.4 Å². The van der Waals surface area contributed by atoms with Crippen molar-refractivity contribution in [3.8, 4) is 0 Å². The molecule has 0 fully saturated rings. The minimum absolute atomic E-state index is 0.468. The van der Waals surface area contributed by atoms with Crippen LogP contribution in [0.25, 0.3) is 0 Å². The van der Waals surface area contributed by atoms with Crippen LogP contribution in [0.4, 0.5) is 0 Å². The maximum atomic E-state index is 3.81. The highest BCUT2D eigenvalue weighted by Gasteiger charge is 2.03. The minimum atomic E-state index is 0.468. The third-order valence-electron chi connectivity index (χ3n) is 2.96. The summed E-state index contributed by atoms with van der Waals surface area (Å²) in [5, 5.41) is 3.53. The maximum Gasteiger partial charge on any atom is 0.0175 e. The van der Waals surface area contributed by atoms with Crippen LogP contribution in [0.15, 0.2) is 65.7 Å². The number of hydrogen-bond acceptors (Lipinski definition) is 1. The number of halogens is 1. The van der Waals surface area contributed by atoms with E-state index in [-0.39, 0.29) is 0 Å². The summed E-state index contributed by atoms with van der Waals surface area (Å²) in [6.45, 7) is 10.7. The van der Waals surface area contributed by atoms with Crippen LogP contribution < -0.4 is 5.32 Å². The van der Waals surface area contributed by atoms with E-state index >= 15 is 0 Å². The van der Waals surface area contributed by atoms with Gasteiger partial charge in [0.1, 0.15) is 0 Å². The zero-order valence-electron chi connectivity index (χ0n) is 11.5. The molecule has 1 aromatic rings. The second-order valence-corrected chi connectivity index (χ2v) is 5.53. The van der Waals surface area contributed by atoms with Gasteiger partial charge in [0.15, 0.2) is 0 Å². The Hall–Kier alpha value is -1.12. The summed E-state index contributed by atoms with van der Waals surface area (Å²) < 4.78 is 1.13.